The Hall–Kier alpha value is -7.43. The minimum absolute atomic E-state index is 0.534. The Balaban J connectivity index is 1.03. The number of hydrogen-bond acceptors (Lipinski definition) is 4. The van der Waals surface area contributed by atoms with Gasteiger partial charge in [-0.25, -0.2) is 15.0 Å². The number of rotatable bonds is 4. The first-order valence-corrected chi connectivity index (χ1v) is 19.5. The van der Waals surface area contributed by atoms with Crippen molar-refractivity contribution in [1.29, 1.82) is 0 Å². The van der Waals surface area contributed by atoms with E-state index in [1.165, 1.54) is 44.2 Å². The molecule has 266 valence electrons. The summed E-state index contributed by atoms with van der Waals surface area (Å²) in [4.78, 5) is 15.4. The van der Waals surface area contributed by atoms with E-state index >= 15 is 0 Å². The van der Waals surface area contributed by atoms with Crippen LogP contribution in [0.15, 0.2) is 182 Å². The Labute approximate surface area is 330 Å². The first-order chi connectivity index (χ1) is 28.2. The van der Waals surface area contributed by atoms with Gasteiger partial charge in [0.25, 0.3) is 0 Å². The fraction of sp³-hybridized carbons (Fsp3) is 0.0377. The van der Waals surface area contributed by atoms with Gasteiger partial charge in [0.15, 0.2) is 17.5 Å². The number of fused-ring (bicyclic) bond motifs is 9. The molecule has 1 aromatic heterocycles. The molecule has 4 heteroatoms. The Morgan fingerprint density at radius 2 is 1.04 bits per heavy atom. The molecule has 2 aliphatic carbocycles. The van der Waals surface area contributed by atoms with E-state index < -0.39 is 5.41 Å². The molecule has 9 aromatic rings. The maximum absolute atomic E-state index is 6.71. The van der Waals surface area contributed by atoms with Crippen LogP contribution in [0.2, 0.25) is 0 Å². The number of allylic oxidation sites excluding steroid dienone is 1. The predicted octanol–water partition coefficient (Wildman–Crippen LogP) is 12.7. The molecule has 0 fully saturated rings. The Bertz CT molecular complexity index is 3100. The smallest absolute Gasteiger partial charge is 0.164 e. The normalized spacial score (nSPS) is 13.8. The highest BCUT2D eigenvalue weighted by Gasteiger charge is 2.51. The minimum atomic E-state index is -0.534. The molecule has 0 unspecified atom stereocenters. The van der Waals surface area contributed by atoms with E-state index in [9.17, 15) is 0 Å². The quantitative estimate of drug-likeness (QED) is 0.181. The molecule has 0 N–H and O–H groups in total. The number of aromatic nitrogens is 3. The molecule has 4 nitrogen and oxygen atoms in total. The topological polar surface area (TPSA) is 47.9 Å². The second-order valence-corrected chi connectivity index (χ2v) is 15.1. The fourth-order valence-electron chi connectivity index (χ4n) is 9.51. The summed E-state index contributed by atoms with van der Waals surface area (Å²) in [6, 6.07) is 62.6. The third-order valence-corrected chi connectivity index (χ3v) is 12.0. The summed E-state index contributed by atoms with van der Waals surface area (Å²) in [6.45, 7) is 0. The van der Waals surface area contributed by atoms with Gasteiger partial charge in [-0.2, -0.15) is 0 Å². The number of para-hydroxylation sites is 1. The molecule has 1 aliphatic heterocycles. The van der Waals surface area contributed by atoms with Crippen LogP contribution in [-0.4, -0.2) is 15.0 Å². The Kier molecular flexibility index (Phi) is 6.87. The molecule has 0 bridgehead atoms. The summed E-state index contributed by atoms with van der Waals surface area (Å²) in [7, 11) is 0. The van der Waals surface area contributed by atoms with E-state index in [-0.39, 0.29) is 0 Å². The average molecular weight is 728 g/mol. The lowest BCUT2D eigenvalue weighted by atomic mass is 9.66. The third kappa shape index (κ3) is 4.77. The van der Waals surface area contributed by atoms with Crippen molar-refractivity contribution in [3.63, 3.8) is 0 Å². The zero-order chi connectivity index (χ0) is 37.5. The van der Waals surface area contributed by atoms with Crippen molar-refractivity contribution < 1.29 is 4.74 Å². The summed E-state index contributed by atoms with van der Waals surface area (Å²) in [5, 5.41) is 2.50. The SMILES string of the molecule is C1=Cc2cc(-c3nc(-c4ccccc4)nc(-c4cccc(-c5ccc6c(c5)C5(c7ccccc7O6)c6ccccc6-c6ccccc65)c4)n3)cc3cccc(c23)C1. The van der Waals surface area contributed by atoms with E-state index in [2.05, 4.69) is 170 Å². The van der Waals surface area contributed by atoms with Gasteiger partial charge in [0, 0.05) is 27.8 Å². The van der Waals surface area contributed by atoms with Crippen molar-refractivity contribution in [2.75, 3.05) is 0 Å². The van der Waals surface area contributed by atoms with Crippen molar-refractivity contribution in [2.24, 2.45) is 0 Å². The van der Waals surface area contributed by atoms with Gasteiger partial charge >= 0.3 is 0 Å². The summed E-state index contributed by atoms with van der Waals surface area (Å²) in [5.41, 5.74) is 14.4. The van der Waals surface area contributed by atoms with Crippen LogP contribution in [0.5, 0.6) is 11.5 Å². The van der Waals surface area contributed by atoms with E-state index in [0.29, 0.717) is 17.5 Å². The second kappa shape index (κ2) is 12.3. The predicted molar refractivity (Wildman–Crippen MR) is 229 cm³/mol. The molecule has 0 saturated carbocycles. The molecule has 8 aromatic carbocycles. The van der Waals surface area contributed by atoms with Gasteiger partial charge in [0.2, 0.25) is 0 Å². The largest absolute Gasteiger partial charge is 0.457 e. The van der Waals surface area contributed by atoms with Gasteiger partial charge < -0.3 is 4.74 Å². The lowest BCUT2D eigenvalue weighted by Gasteiger charge is -2.39. The second-order valence-electron chi connectivity index (χ2n) is 15.1. The summed E-state index contributed by atoms with van der Waals surface area (Å²) >= 11 is 0. The van der Waals surface area contributed by atoms with Crippen LogP contribution in [0, 0.1) is 0 Å². The van der Waals surface area contributed by atoms with Crippen LogP contribution < -0.4 is 4.74 Å². The zero-order valence-corrected chi connectivity index (χ0v) is 30.9. The monoisotopic (exact) mass is 727 g/mol. The minimum Gasteiger partial charge on any atom is -0.457 e. The molecule has 0 amide bonds. The van der Waals surface area contributed by atoms with E-state index in [1.807, 2.05) is 18.2 Å². The number of hydrogen-bond donors (Lipinski definition) is 0. The van der Waals surface area contributed by atoms with Gasteiger partial charge in [-0.15, -0.1) is 0 Å². The average Bonchev–Trinajstić information content (AvgIpc) is 3.57. The Morgan fingerprint density at radius 1 is 0.421 bits per heavy atom. The van der Waals surface area contributed by atoms with Crippen molar-refractivity contribution in [3.8, 4) is 67.9 Å². The lowest BCUT2D eigenvalue weighted by Crippen LogP contribution is -2.32. The van der Waals surface area contributed by atoms with Gasteiger partial charge in [0.05, 0.1) is 5.41 Å². The molecular weight excluding hydrogens is 695 g/mol. The first-order valence-electron chi connectivity index (χ1n) is 19.5. The van der Waals surface area contributed by atoms with Crippen LogP contribution in [-0.2, 0) is 11.8 Å². The molecule has 0 saturated heterocycles. The molecule has 0 atom stereocenters. The van der Waals surface area contributed by atoms with E-state index in [0.717, 1.165) is 56.9 Å². The van der Waals surface area contributed by atoms with Crippen LogP contribution >= 0.6 is 0 Å². The molecule has 57 heavy (non-hydrogen) atoms. The molecule has 0 radical (unpaired) electrons. The number of ether oxygens (including phenoxy) is 1. The van der Waals surface area contributed by atoms with Crippen LogP contribution in [0.4, 0.5) is 0 Å². The van der Waals surface area contributed by atoms with Crippen LogP contribution in [0.1, 0.15) is 33.4 Å². The number of nitrogens with zero attached hydrogens (tertiary/aromatic N) is 3. The first kappa shape index (κ1) is 31.9. The molecular formula is C53H33N3O. The van der Waals surface area contributed by atoms with Gasteiger partial charge in [-0.3, -0.25) is 0 Å². The summed E-state index contributed by atoms with van der Waals surface area (Å²) in [5.74, 6) is 3.68. The lowest BCUT2D eigenvalue weighted by molar-refractivity contribution is 0.436. The highest BCUT2D eigenvalue weighted by Crippen LogP contribution is 2.62. The Morgan fingerprint density at radius 3 is 1.84 bits per heavy atom. The molecule has 1 spiro atoms. The summed E-state index contributed by atoms with van der Waals surface area (Å²) < 4.78 is 6.71. The van der Waals surface area contributed by atoms with Crippen molar-refractivity contribution in [3.05, 3.63) is 215 Å². The van der Waals surface area contributed by atoms with Crippen LogP contribution in [0.3, 0.4) is 0 Å². The molecule has 3 aliphatic rings. The van der Waals surface area contributed by atoms with E-state index in [4.69, 9.17) is 19.7 Å². The highest BCUT2D eigenvalue weighted by molar-refractivity contribution is 5.98. The van der Waals surface area contributed by atoms with Gasteiger partial charge in [-0.1, -0.05) is 152 Å². The maximum atomic E-state index is 6.71. The van der Waals surface area contributed by atoms with Crippen molar-refractivity contribution in [2.45, 2.75) is 11.8 Å². The van der Waals surface area contributed by atoms with E-state index in [1.54, 1.807) is 0 Å². The zero-order valence-electron chi connectivity index (χ0n) is 30.9. The third-order valence-electron chi connectivity index (χ3n) is 12.0. The summed E-state index contributed by atoms with van der Waals surface area (Å²) in [6.07, 6.45) is 5.40. The van der Waals surface area contributed by atoms with Crippen LogP contribution in [0.25, 0.3) is 73.3 Å². The van der Waals surface area contributed by atoms with Crippen molar-refractivity contribution in [1.82, 2.24) is 15.0 Å². The standard InChI is InChI=1S/C53H33N3O/c1-2-13-34(14-3-1)50-54-51(56-52(55-50)40-30-37-18-10-15-33-16-11-19-38(31-40)49(33)37)39-20-12-17-35(29-39)36-27-28-48-46(32-36)53(45-25-8-9-26-47(45)57-48)43-23-6-4-21-41(43)42-22-5-7-24-44(42)53/h1-15,17-32H,16H2. The van der Waals surface area contributed by atoms with Gasteiger partial charge in [-0.05, 0) is 98.1 Å². The maximum Gasteiger partial charge on any atom is 0.164 e. The molecule has 2 heterocycles. The fourth-order valence-corrected chi connectivity index (χ4v) is 9.51. The van der Waals surface area contributed by atoms with Crippen molar-refractivity contribution >= 4 is 16.8 Å². The molecule has 12 rings (SSSR count). The van der Waals surface area contributed by atoms with Gasteiger partial charge in [0.1, 0.15) is 11.5 Å². The number of benzene rings is 8. The highest BCUT2D eigenvalue weighted by atomic mass is 16.5.